The van der Waals surface area contributed by atoms with Crippen LogP contribution in [-0.4, -0.2) is 53.3 Å². The van der Waals surface area contributed by atoms with E-state index in [1.54, 1.807) is 23.2 Å². The highest BCUT2D eigenvalue weighted by molar-refractivity contribution is 7.11. The molecular weight excluding hydrogens is 310 g/mol. The SMILES string of the molecule is CC(=O)N1CC[C@H](C(=O)N(C)C[C@H]2CCCc3sc(C)nc32)C1. The van der Waals surface area contributed by atoms with Gasteiger partial charge in [-0.15, -0.1) is 11.3 Å². The standard InChI is InChI=1S/C17H25N3O2S/c1-11-18-16-13(5-4-6-15(16)23-11)9-19(3)17(22)14-7-8-20(10-14)12(2)21/h13-14H,4-10H2,1-3H3/t13-,14+/m1/s1. The minimum absolute atomic E-state index is 0.0378. The van der Waals surface area contributed by atoms with Crippen molar-refractivity contribution >= 4 is 23.2 Å². The van der Waals surface area contributed by atoms with Gasteiger partial charge in [0.2, 0.25) is 11.8 Å². The van der Waals surface area contributed by atoms with Gasteiger partial charge in [-0.2, -0.15) is 0 Å². The summed E-state index contributed by atoms with van der Waals surface area (Å²) in [7, 11) is 1.90. The highest BCUT2D eigenvalue weighted by Gasteiger charge is 2.33. The van der Waals surface area contributed by atoms with Gasteiger partial charge < -0.3 is 9.80 Å². The number of rotatable bonds is 3. The number of hydrogen-bond donors (Lipinski definition) is 0. The van der Waals surface area contributed by atoms with Gasteiger partial charge in [0.25, 0.3) is 0 Å². The molecular formula is C17H25N3O2S. The van der Waals surface area contributed by atoms with Crippen LogP contribution in [0.2, 0.25) is 0 Å². The van der Waals surface area contributed by atoms with E-state index in [1.165, 1.54) is 17.0 Å². The second-order valence-corrected chi connectivity index (χ2v) is 8.09. The molecule has 0 bridgehead atoms. The molecule has 0 unspecified atom stereocenters. The van der Waals surface area contributed by atoms with E-state index < -0.39 is 0 Å². The Hall–Kier alpha value is -1.43. The Labute approximate surface area is 141 Å². The first-order valence-corrected chi connectivity index (χ1v) is 9.24. The lowest BCUT2D eigenvalue weighted by atomic mass is 9.90. The zero-order chi connectivity index (χ0) is 16.6. The fourth-order valence-corrected chi connectivity index (χ4v) is 4.85. The number of carbonyl (C=O) groups is 2. The normalized spacial score (nSPS) is 23.7. The number of hydrogen-bond acceptors (Lipinski definition) is 4. The molecule has 6 heteroatoms. The van der Waals surface area contributed by atoms with E-state index in [1.807, 2.05) is 11.9 Å². The summed E-state index contributed by atoms with van der Waals surface area (Å²) in [5.74, 6) is 0.567. The molecule has 0 radical (unpaired) electrons. The summed E-state index contributed by atoms with van der Waals surface area (Å²) in [5.41, 5.74) is 1.22. The molecule has 23 heavy (non-hydrogen) atoms. The molecule has 126 valence electrons. The molecule has 2 amide bonds. The van der Waals surface area contributed by atoms with Crippen LogP contribution in [0.5, 0.6) is 0 Å². The Balaban J connectivity index is 1.62. The van der Waals surface area contributed by atoms with Crippen LogP contribution in [0.15, 0.2) is 0 Å². The number of thiazole rings is 1. The van der Waals surface area contributed by atoms with E-state index in [4.69, 9.17) is 4.98 Å². The molecule has 0 aromatic carbocycles. The van der Waals surface area contributed by atoms with Crippen LogP contribution in [0.25, 0.3) is 0 Å². The van der Waals surface area contributed by atoms with Gasteiger partial charge in [0.05, 0.1) is 16.6 Å². The highest BCUT2D eigenvalue weighted by Crippen LogP contribution is 2.35. The minimum Gasteiger partial charge on any atom is -0.345 e. The number of likely N-dealkylation sites (tertiary alicyclic amines) is 1. The molecule has 1 aliphatic heterocycles. The van der Waals surface area contributed by atoms with Crippen molar-refractivity contribution in [1.82, 2.24) is 14.8 Å². The average molecular weight is 335 g/mol. The van der Waals surface area contributed by atoms with E-state index in [0.29, 0.717) is 19.0 Å². The third-order valence-corrected chi connectivity index (χ3v) is 6.08. The van der Waals surface area contributed by atoms with Gasteiger partial charge in [-0.25, -0.2) is 4.98 Å². The second kappa shape index (κ2) is 6.59. The van der Waals surface area contributed by atoms with Crippen LogP contribution in [0.4, 0.5) is 0 Å². The Morgan fingerprint density at radius 3 is 2.87 bits per heavy atom. The van der Waals surface area contributed by atoms with E-state index in [9.17, 15) is 9.59 Å². The number of likely N-dealkylation sites (N-methyl/N-ethyl adjacent to an activating group) is 1. The minimum atomic E-state index is -0.0378. The van der Waals surface area contributed by atoms with Gasteiger partial charge in [0, 0.05) is 44.4 Å². The van der Waals surface area contributed by atoms with Gasteiger partial charge in [-0.1, -0.05) is 0 Å². The summed E-state index contributed by atoms with van der Waals surface area (Å²) in [6.07, 6.45) is 4.21. The molecule has 2 aliphatic rings. The number of aryl methyl sites for hydroxylation is 2. The van der Waals surface area contributed by atoms with Crippen molar-refractivity contribution in [3.8, 4) is 0 Å². The van der Waals surface area contributed by atoms with Gasteiger partial charge in [-0.05, 0) is 32.6 Å². The zero-order valence-electron chi connectivity index (χ0n) is 14.2. The van der Waals surface area contributed by atoms with Crippen molar-refractivity contribution in [1.29, 1.82) is 0 Å². The molecule has 0 N–H and O–H groups in total. The topological polar surface area (TPSA) is 53.5 Å². The number of fused-ring (bicyclic) bond motifs is 1. The molecule has 1 aromatic heterocycles. The Morgan fingerprint density at radius 2 is 2.17 bits per heavy atom. The summed E-state index contributed by atoms with van der Waals surface area (Å²) in [6, 6.07) is 0. The van der Waals surface area contributed by atoms with Gasteiger partial charge >= 0.3 is 0 Å². The third-order valence-electron chi connectivity index (χ3n) is 5.03. The largest absolute Gasteiger partial charge is 0.345 e. The molecule has 1 fully saturated rings. The summed E-state index contributed by atoms with van der Waals surface area (Å²) in [6.45, 7) is 5.66. The van der Waals surface area contributed by atoms with E-state index in [2.05, 4.69) is 6.92 Å². The van der Waals surface area contributed by atoms with Crippen LogP contribution in [-0.2, 0) is 16.0 Å². The first kappa shape index (κ1) is 16.4. The second-order valence-electron chi connectivity index (χ2n) is 6.80. The maximum absolute atomic E-state index is 12.7. The maximum atomic E-state index is 12.7. The van der Waals surface area contributed by atoms with Crippen molar-refractivity contribution < 1.29 is 9.59 Å². The van der Waals surface area contributed by atoms with Crippen molar-refractivity contribution in [3.05, 3.63) is 15.6 Å². The van der Waals surface area contributed by atoms with E-state index in [0.717, 1.165) is 30.8 Å². The van der Waals surface area contributed by atoms with Crippen LogP contribution >= 0.6 is 11.3 Å². The molecule has 1 aromatic rings. The first-order valence-electron chi connectivity index (χ1n) is 8.42. The summed E-state index contributed by atoms with van der Waals surface area (Å²) >= 11 is 1.80. The molecule has 1 saturated heterocycles. The van der Waals surface area contributed by atoms with Crippen molar-refractivity contribution in [3.63, 3.8) is 0 Å². The van der Waals surface area contributed by atoms with Crippen LogP contribution in [0.3, 0.4) is 0 Å². The zero-order valence-corrected chi connectivity index (χ0v) is 15.0. The van der Waals surface area contributed by atoms with Crippen LogP contribution in [0.1, 0.15) is 47.7 Å². The smallest absolute Gasteiger partial charge is 0.227 e. The molecule has 1 aliphatic carbocycles. The Kier molecular flexibility index (Phi) is 4.71. The van der Waals surface area contributed by atoms with Crippen molar-refractivity contribution in [2.24, 2.45) is 5.92 Å². The number of amides is 2. The predicted molar refractivity (Wildman–Crippen MR) is 90.5 cm³/mol. The van der Waals surface area contributed by atoms with E-state index in [-0.39, 0.29) is 17.7 Å². The number of nitrogens with zero attached hydrogens (tertiary/aromatic N) is 3. The number of aromatic nitrogens is 1. The highest BCUT2D eigenvalue weighted by atomic mass is 32.1. The maximum Gasteiger partial charge on any atom is 0.227 e. The first-order chi connectivity index (χ1) is 11.0. The van der Waals surface area contributed by atoms with Crippen molar-refractivity contribution in [2.45, 2.75) is 45.4 Å². The fourth-order valence-electron chi connectivity index (χ4n) is 3.79. The van der Waals surface area contributed by atoms with E-state index >= 15 is 0 Å². The van der Waals surface area contributed by atoms with Crippen LogP contribution in [0, 0.1) is 12.8 Å². The summed E-state index contributed by atoms with van der Waals surface area (Å²) < 4.78 is 0. The molecule has 2 heterocycles. The molecule has 3 rings (SSSR count). The number of carbonyl (C=O) groups excluding carboxylic acids is 2. The molecule has 5 nitrogen and oxygen atoms in total. The van der Waals surface area contributed by atoms with Gasteiger partial charge in [0.1, 0.15) is 0 Å². The molecule has 2 atom stereocenters. The molecule has 0 saturated carbocycles. The fraction of sp³-hybridized carbons (Fsp3) is 0.706. The van der Waals surface area contributed by atoms with Crippen molar-refractivity contribution in [2.75, 3.05) is 26.7 Å². The lowest BCUT2D eigenvalue weighted by molar-refractivity contribution is -0.134. The Bertz CT molecular complexity index is 613. The van der Waals surface area contributed by atoms with Gasteiger partial charge in [-0.3, -0.25) is 9.59 Å². The van der Waals surface area contributed by atoms with Gasteiger partial charge in [0.15, 0.2) is 0 Å². The average Bonchev–Trinajstić information content (AvgIpc) is 3.12. The lowest BCUT2D eigenvalue weighted by Crippen LogP contribution is -2.38. The Morgan fingerprint density at radius 1 is 1.39 bits per heavy atom. The monoisotopic (exact) mass is 335 g/mol. The lowest BCUT2D eigenvalue weighted by Gasteiger charge is -2.28. The predicted octanol–water partition coefficient (Wildman–Crippen LogP) is 2.20. The van der Waals surface area contributed by atoms with Crippen LogP contribution < -0.4 is 0 Å². The summed E-state index contributed by atoms with van der Waals surface area (Å²) in [4.78, 5) is 33.9. The summed E-state index contributed by atoms with van der Waals surface area (Å²) in [5, 5.41) is 1.13. The molecule has 0 spiro atoms. The third kappa shape index (κ3) is 3.42. The quantitative estimate of drug-likeness (QED) is 0.851.